The zero-order valence-corrected chi connectivity index (χ0v) is 14.6. The van der Waals surface area contributed by atoms with Crippen LogP contribution in [0.2, 0.25) is 0 Å². The zero-order valence-electron chi connectivity index (χ0n) is 14.6. The van der Waals surface area contributed by atoms with Crippen molar-refractivity contribution in [3.05, 3.63) is 30.3 Å². The van der Waals surface area contributed by atoms with Crippen LogP contribution in [0.25, 0.3) is 0 Å². The summed E-state index contributed by atoms with van der Waals surface area (Å²) in [5.74, 6) is 1.73. The molecule has 3 atom stereocenters. The van der Waals surface area contributed by atoms with Crippen molar-refractivity contribution in [1.29, 1.82) is 0 Å². The average molecular weight is 345 g/mol. The molecule has 1 heterocycles. The SMILES string of the molecule is O=C(CCOc1ccccc1)N1CCO[C@H]2[C@@H](OCC3CC3)CC[C@@H]21. The Hall–Kier alpha value is -1.59. The quantitative estimate of drug-likeness (QED) is 0.762. The van der Waals surface area contributed by atoms with E-state index in [0.717, 1.165) is 31.1 Å². The molecule has 1 amide bonds. The van der Waals surface area contributed by atoms with Crippen LogP contribution in [-0.4, -0.2) is 55.4 Å². The molecule has 0 spiro atoms. The number of amides is 1. The lowest BCUT2D eigenvalue weighted by Crippen LogP contribution is -2.54. The van der Waals surface area contributed by atoms with Crippen molar-refractivity contribution in [2.45, 2.75) is 50.4 Å². The van der Waals surface area contributed by atoms with Crippen LogP contribution in [0.5, 0.6) is 5.75 Å². The Kier molecular flexibility index (Phi) is 5.22. The molecule has 2 saturated carbocycles. The molecule has 1 saturated heterocycles. The van der Waals surface area contributed by atoms with Crippen molar-refractivity contribution >= 4 is 5.91 Å². The van der Waals surface area contributed by atoms with Crippen molar-refractivity contribution in [3.8, 4) is 5.75 Å². The number of rotatable bonds is 7. The van der Waals surface area contributed by atoms with Gasteiger partial charge in [-0.3, -0.25) is 4.79 Å². The van der Waals surface area contributed by atoms with Crippen LogP contribution in [0.3, 0.4) is 0 Å². The highest BCUT2D eigenvalue weighted by atomic mass is 16.5. The van der Waals surface area contributed by atoms with Gasteiger partial charge in [0.05, 0.1) is 31.8 Å². The van der Waals surface area contributed by atoms with Crippen LogP contribution >= 0.6 is 0 Å². The fourth-order valence-electron chi connectivity index (χ4n) is 3.86. The van der Waals surface area contributed by atoms with Gasteiger partial charge in [-0.05, 0) is 43.7 Å². The molecule has 1 aromatic carbocycles. The molecule has 0 radical (unpaired) electrons. The fraction of sp³-hybridized carbons (Fsp3) is 0.650. The van der Waals surface area contributed by atoms with Crippen LogP contribution in [0.4, 0.5) is 0 Å². The van der Waals surface area contributed by atoms with E-state index < -0.39 is 0 Å². The van der Waals surface area contributed by atoms with E-state index in [-0.39, 0.29) is 24.2 Å². The Bertz CT molecular complexity index is 574. The van der Waals surface area contributed by atoms with Gasteiger partial charge in [0.2, 0.25) is 5.91 Å². The lowest BCUT2D eigenvalue weighted by atomic mass is 10.1. The second-order valence-corrected chi connectivity index (χ2v) is 7.29. The summed E-state index contributed by atoms with van der Waals surface area (Å²) in [5.41, 5.74) is 0. The Morgan fingerprint density at radius 1 is 1.16 bits per heavy atom. The van der Waals surface area contributed by atoms with Gasteiger partial charge in [-0.25, -0.2) is 0 Å². The van der Waals surface area contributed by atoms with E-state index >= 15 is 0 Å². The van der Waals surface area contributed by atoms with Crippen molar-refractivity contribution in [2.75, 3.05) is 26.4 Å². The number of para-hydroxylation sites is 1. The summed E-state index contributed by atoms with van der Waals surface area (Å²) >= 11 is 0. The van der Waals surface area contributed by atoms with Crippen molar-refractivity contribution in [3.63, 3.8) is 0 Å². The Labute approximate surface area is 149 Å². The molecule has 2 aliphatic carbocycles. The molecule has 4 rings (SSSR count). The Balaban J connectivity index is 1.27. The van der Waals surface area contributed by atoms with Crippen molar-refractivity contribution in [2.24, 2.45) is 5.92 Å². The van der Waals surface area contributed by atoms with E-state index in [9.17, 15) is 4.79 Å². The molecule has 25 heavy (non-hydrogen) atoms. The summed E-state index contributed by atoms with van der Waals surface area (Å²) in [7, 11) is 0. The van der Waals surface area contributed by atoms with E-state index in [1.165, 1.54) is 12.8 Å². The minimum Gasteiger partial charge on any atom is -0.493 e. The summed E-state index contributed by atoms with van der Waals surface area (Å²) in [5, 5.41) is 0. The van der Waals surface area contributed by atoms with Gasteiger partial charge in [-0.15, -0.1) is 0 Å². The predicted molar refractivity (Wildman–Crippen MR) is 93.5 cm³/mol. The predicted octanol–water partition coefficient (Wildman–Crippen LogP) is 2.64. The minimum atomic E-state index is 0.0477. The summed E-state index contributed by atoms with van der Waals surface area (Å²) in [6.45, 7) is 2.56. The second-order valence-electron chi connectivity index (χ2n) is 7.29. The van der Waals surface area contributed by atoms with Gasteiger partial charge in [0.15, 0.2) is 0 Å². The molecule has 3 fully saturated rings. The maximum atomic E-state index is 12.7. The zero-order chi connectivity index (χ0) is 17.1. The standard InChI is InChI=1S/C20H27NO4/c22-19(10-12-23-16-4-2-1-3-5-16)21-11-13-24-20-17(21)8-9-18(20)25-14-15-6-7-15/h1-5,15,17-18,20H,6-14H2/t17-,18-,20+/m0/s1. The molecule has 1 aliphatic heterocycles. The van der Waals surface area contributed by atoms with Crippen molar-refractivity contribution in [1.82, 2.24) is 4.90 Å². The topological polar surface area (TPSA) is 48.0 Å². The van der Waals surface area contributed by atoms with Gasteiger partial charge < -0.3 is 19.1 Å². The number of ether oxygens (including phenoxy) is 3. The monoisotopic (exact) mass is 345 g/mol. The Morgan fingerprint density at radius 2 is 2.00 bits per heavy atom. The number of morpholine rings is 1. The van der Waals surface area contributed by atoms with Gasteiger partial charge in [-0.2, -0.15) is 0 Å². The maximum Gasteiger partial charge on any atom is 0.226 e. The minimum absolute atomic E-state index is 0.0477. The third kappa shape index (κ3) is 4.15. The molecule has 0 bridgehead atoms. The summed E-state index contributed by atoms with van der Waals surface area (Å²) in [4.78, 5) is 14.7. The molecule has 1 aromatic rings. The number of nitrogens with zero attached hydrogens (tertiary/aromatic N) is 1. The Morgan fingerprint density at radius 3 is 2.80 bits per heavy atom. The number of fused-ring (bicyclic) bond motifs is 1. The lowest BCUT2D eigenvalue weighted by Gasteiger charge is -2.39. The van der Waals surface area contributed by atoms with E-state index in [1.54, 1.807) is 0 Å². The molecule has 3 aliphatic rings. The molecule has 5 nitrogen and oxygen atoms in total. The summed E-state index contributed by atoms with van der Waals surface area (Å²) in [6.07, 6.45) is 5.18. The highest BCUT2D eigenvalue weighted by molar-refractivity contribution is 5.77. The van der Waals surface area contributed by atoms with Crippen LogP contribution in [0.15, 0.2) is 30.3 Å². The van der Waals surface area contributed by atoms with Gasteiger partial charge >= 0.3 is 0 Å². The molecule has 0 aromatic heterocycles. The number of carbonyl (C=O) groups is 1. The fourth-order valence-corrected chi connectivity index (χ4v) is 3.86. The number of carbonyl (C=O) groups excluding carboxylic acids is 1. The first-order chi connectivity index (χ1) is 12.3. The molecule has 0 unspecified atom stereocenters. The summed E-state index contributed by atoms with van der Waals surface area (Å²) < 4.78 is 17.7. The van der Waals surface area contributed by atoms with E-state index in [2.05, 4.69) is 0 Å². The number of hydrogen-bond donors (Lipinski definition) is 0. The van der Waals surface area contributed by atoms with E-state index in [0.29, 0.717) is 26.2 Å². The first-order valence-corrected chi connectivity index (χ1v) is 9.52. The average Bonchev–Trinajstić information content (AvgIpc) is 3.39. The molecular weight excluding hydrogens is 318 g/mol. The maximum absolute atomic E-state index is 12.7. The first kappa shape index (κ1) is 16.9. The van der Waals surface area contributed by atoms with Crippen LogP contribution in [-0.2, 0) is 14.3 Å². The smallest absolute Gasteiger partial charge is 0.226 e. The molecule has 0 N–H and O–H groups in total. The van der Waals surface area contributed by atoms with Gasteiger partial charge in [0, 0.05) is 13.2 Å². The molecule has 5 heteroatoms. The number of hydrogen-bond acceptors (Lipinski definition) is 4. The third-order valence-electron chi connectivity index (χ3n) is 5.43. The van der Waals surface area contributed by atoms with Crippen LogP contribution in [0.1, 0.15) is 32.1 Å². The largest absolute Gasteiger partial charge is 0.493 e. The molecular formula is C20H27NO4. The first-order valence-electron chi connectivity index (χ1n) is 9.52. The molecule has 136 valence electrons. The van der Waals surface area contributed by atoms with Gasteiger partial charge in [0.25, 0.3) is 0 Å². The number of benzene rings is 1. The van der Waals surface area contributed by atoms with Crippen molar-refractivity contribution < 1.29 is 19.0 Å². The van der Waals surface area contributed by atoms with E-state index in [1.807, 2.05) is 35.2 Å². The highest BCUT2D eigenvalue weighted by Crippen LogP contribution is 2.35. The highest BCUT2D eigenvalue weighted by Gasteiger charge is 2.45. The third-order valence-corrected chi connectivity index (χ3v) is 5.43. The lowest BCUT2D eigenvalue weighted by molar-refractivity contribution is -0.152. The van der Waals surface area contributed by atoms with Crippen LogP contribution in [0, 0.1) is 5.92 Å². The second kappa shape index (κ2) is 7.75. The normalized spacial score (nSPS) is 28.6. The summed E-state index contributed by atoms with van der Waals surface area (Å²) in [6, 6.07) is 9.81. The van der Waals surface area contributed by atoms with E-state index in [4.69, 9.17) is 14.2 Å². The van der Waals surface area contributed by atoms with Gasteiger partial charge in [0.1, 0.15) is 11.9 Å². The van der Waals surface area contributed by atoms with Crippen LogP contribution < -0.4 is 4.74 Å². The van der Waals surface area contributed by atoms with Gasteiger partial charge in [-0.1, -0.05) is 18.2 Å².